The topological polar surface area (TPSA) is 90.6 Å². The zero-order valence-electron chi connectivity index (χ0n) is 16.6. The van der Waals surface area contributed by atoms with Gasteiger partial charge >= 0.3 is 0 Å². The molecule has 1 aliphatic heterocycles. The first-order valence-electron chi connectivity index (χ1n) is 9.63. The van der Waals surface area contributed by atoms with Crippen molar-refractivity contribution in [1.82, 2.24) is 14.9 Å². The van der Waals surface area contributed by atoms with Crippen LogP contribution in [0.2, 0.25) is 0 Å². The van der Waals surface area contributed by atoms with E-state index in [1.54, 1.807) is 26.5 Å². The van der Waals surface area contributed by atoms with Gasteiger partial charge < -0.3 is 20.1 Å². The molecular weight excluding hydrogens is 368 g/mol. The van der Waals surface area contributed by atoms with Crippen LogP contribution in [0, 0.1) is 0 Å². The van der Waals surface area contributed by atoms with E-state index in [9.17, 15) is 4.79 Å². The summed E-state index contributed by atoms with van der Waals surface area (Å²) in [5.74, 6) is 1.47. The molecule has 0 saturated carbocycles. The third-order valence-corrected chi connectivity index (χ3v) is 5.43. The van der Waals surface area contributed by atoms with E-state index in [0.29, 0.717) is 36.0 Å². The number of hydrogen-bond donors (Lipinski definition) is 1. The van der Waals surface area contributed by atoms with E-state index in [0.717, 1.165) is 29.4 Å². The second-order valence-corrected chi connectivity index (χ2v) is 7.14. The second kappa shape index (κ2) is 7.95. The van der Waals surface area contributed by atoms with Crippen LogP contribution in [-0.4, -0.2) is 48.1 Å². The third kappa shape index (κ3) is 3.68. The van der Waals surface area contributed by atoms with Crippen LogP contribution in [-0.2, 0) is 0 Å². The smallest absolute Gasteiger partial charge is 0.272 e. The Morgan fingerprint density at radius 1 is 1.10 bits per heavy atom. The van der Waals surface area contributed by atoms with E-state index in [-0.39, 0.29) is 11.8 Å². The first kappa shape index (κ1) is 19.0. The number of piperidine rings is 1. The molecule has 29 heavy (non-hydrogen) atoms. The van der Waals surface area contributed by atoms with Gasteiger partial charge in [0, 0.05) is 36.7 Å². The monoisotopic (exact) mass is 392 g/mol. The van der Waals surface area contributed by atoms with E-state index >= 15 is 0 Å². The quantitative estimate of drug-likeness (QED) is 0.733. The van der Waals surface area contributed by atoms with Crippen molar-refractivity contribution < 1.29 is 14.3 Å². The fourth-order valence-electron chi connectivity index (χ4n) is 3.87. The van der Waals surface area contributed by atoms with Crippen LogP contribution in [0.1, 0.15) is 34.9 Å². The first-order valence-corrected chi connectivity index (χ1v) is 9.63. The van der Waals surface area contributed by atoms with Crippen molar-refractivity contribution in [3.05, 3.63) is 54.0 Å². The van der Waals surface area contributed by atoms with Gasteiger partial charge in [-0.2, -0.15) is 0 Å². The van der Waals surface area contributed by atoms with Gasteiger partial charge in [-0.1, -0.05) is 6.07 Å². The molecule has 1 aromatic carbocycles. The first-order chi connectivity index (χ1) is 14.1. The molecule has 3 aromatic rings. The van der Waals surface area contributed by atoms with Gasteiger partial charge in [0.2, 0.25) is 0 Å². The molecule has 1 fully saturated rings. The molecule has 0 spiro atoms. The number of nitrogens with two attached hydrogens (primary N) is 1. The largest absolute Gasteiger partial charge is 0.493 e. The van der Waals surface area contributed by atoms with Crippen LogP contribution in [0.5, 0.6) is 11.5 Å². The fraction of sp³-hybridized carbons (Fsp3) is 0.318. The molecule has 0 radical (unpaired) electrons. The minimum Gasteiger partial charge on any atom is -0.493 e. The van der Waals surface area contributed by atoms with Crippen molar-refractivity contribution in [3.63, 3.8) is 0 Å². The molecule has 2 N–H and O–H groups in total. The Bertz CT molecular complexity index is 1030. The lowest BCUT2D eigenvalue weighted by Crippen LogP contribution is -2.38. The summed E-state index contributed by atoms with van der Waals surface area (Å²) >= 11 is 0. The zero-order valence-corrected chi connectivity index (χ0v) is 16.6. The second-order valence-electron chi connectivity index (χ2n) is 7.14. The minimum absolute atomic E-state index is 0.0275. The molecule has 3 heterocycles. The highest BCUT2D eigenvalue weighted by molar-refractivity contribution is 5.92. The molecule has 0 atom stereocenters. The number of methoxy groups -OCH3 is 2. The van der Waals surface area contributed by atoms with Gasteiger partial charge in [-0.05, 0) is 37.1 Å². The van der Waals surface area contributed by atoms with Gasteiger partial charge in [0.1, 0.15) is 5.69 Å². The number of hydrogen-bond acceptors (Lipinski definition) is 6. The Hall–Kier alpha value is -3.35. The van der Waals surface area contributed by atoms with Gasteiger partial charge in [-0.15, -0.1) is 0 Å². The van der Waals surface area contributed by atoms with Crippen molar-refractivity contribution in [2.24, 2.45) is 0 Å². The van der Waals surface area contributed by atoms with E-state index in [1.807, 2.05) is 35.2 Å². The van der Waals surface area contributed by atoms with Crippen LogP contribution in [0.4, 0.5) is 5.69 Å². The average molecular weight is 392 g/mol. The molecule has 0 unspecified atom stereocenters. The number of fused-ring (bicyclic) bond motifs is 1. The van der Waals surface area contributed by atoms with Crippen LogP contribution < -0.4 is 15.2 Å². The number of ether oxygens (including phenoxy) is 2. The van der Waals surface area contributed by atoms with Crippen molar-refractivity contribution in [2.45, 2.75) is 18.8 Å². The zero-order chi connectivity index (χ0) is 20.4. The number of anilines is 1. The predicted molar refractivity (Wildman–Crippen MR) is 111 cm³/mol. The van der Waals surface area contributed by atoms with Crippen LogP contribution in [0.3, 0.4) is 0 Å². The van der Waals surface area contributed by atoms with Crippen LogP contribution in [0.25, 0.3) is 10.9 Å². The third-order valence-electron chi connectivity index (χ3n) is 5.43. The SMILES string of the molecule is COc1cc2cc(N)c(C3CCN(C(=O)c4ccccn4)CC3)nc2cc1OC. The van der Waals surface area contributed by atoms with Gasteiger partial charge in [0.25, 0.3) is 5.91 Å². The lowest BCUT2D eigenvalue weighted by molar-refractivity contribution is 0.0706. The molecule has 150 valence electrons. The van der Waals surface area contributed by atoms with Gasteiger partial charge in [-0.3, -0.25) is 14.8 Å². The number of carbonyl (C=O) groups excluding carboxylic acids is 1. The van der Waals surface area contributed by atoms with Gasteiger partial charge in [-0.25, -0.2) is 0 Å². The number of carbonyl (C=O) groups is 1. The van der Waals surface area contributed by atoms with Crippen molar-refractivity contribution in [2.75, 3.05) is 33.0 Å². The molecule has 1 aliphatic rings. The van der Waals surface area contributed by atoms with E-state index < -0.39 is 0 Å². The van der Waals surface area contributed by atoms with E-state index in [1.165, 1.54) is 0 Å². The molecule has 7 heteroatoms. The summed E-state index contributed by atoms with van der Waals surface area (Å²) in [6.07, 6.45) is 3.27. The van der Waals surface area contributed by atoms with Crippen LogP contribution in [0.15, 0.2) is 42.6 Å². The fourth-order valence-corrected chi connectivity index (χ4v) is 3.87. The predicted octanol–water partition coefficient (Wildman–Crippen LogP) is 3.25. The highest BCUT2D eigenvalue weighted by Crippen LogP contribution is 2.36. The highest BCUT2D eigenvalue weighted by atomic mass is 16.5. The molecule has 4 rings (SSSR count). The summed E-state index contributed by atoms with van der Waals surface area (Å²) < 4.78 is 10.8. The maximum absolute atomic E-state index is 12.6. The average Bonchev–Trinajstić information content (AvgIpc) is 2.78. The summed E-state index contributed by atoms with van der Waals surface area (Å²) in [6.45, 7) is 1.32. The summed E-state index contributed by atoms with van der Waals surface area (Å²) in [7, 11) is 3.21. The number of amides is 1. The molecule has 0 bridgehead atoms. The molecule has 1 amide bonds. The summed E-state index contributed by atoms with van der Waals surface area (Å²) in [6, 6.07) is 11.1. The van der Waals surface area contributed by atoms with Crippen molar-refractivity contribution >= 4 is 22.5 Å². The van der Waals surface area contributed by atoms with Crippen LogP contribution >= 0.6 is 0 Å². The maximum atomic E-state index is 12.6. The van der Waals surface area contributed by atoms with Crippen molar-refractivity contribution in [3.8, 4) is 11.5 Å². The van der Waals surface area contributed by atoms with E-state index in [2.05, 4.69) is 4.98 Å². The lowest BCUT2D eigenvalue weighted by atomic mass is 9.91. The van der Waals surface area contributed by atoms with Gasteiger partial charge in [0.05, 0.1) is 31.1 Å². The number of likely N-dealkylation sites (tertiary alicyclic amines) is 1. The normalized spacial score (nSPS) is 14.8. The standard InChI is InChI=1S/C22H24N4O3/c1-28-19-12-15-11-16(23)21(25-18(15)13-20(19)29-2)14-6-9-26(10-7-14)22(27)17-5-3-4-8-24-17/h3-5,8,11-14H,6-7,9-10,23H2,1-2H3. The molecular formula is C22H24N4O3. The molecule has 7 nitrogen and oxygen atoms in total. The highest BCUT2D eigenvalue weighted by Gasteiger charge is 2.27. The lowest BCUT2D eigenvalue weighted by Gasteiger charge is -2.32. The Balaban J connectivity index is 1.55. The Morgan fingerprint density at radius 3 is 2.48 bits per heavy atom. The minimum atomic E-state index is -0.0275. The Labute approximate surface area is 169 Å². The summed E-state index contributed by atoms with van der Waals surface area (Å²) in [4.78, 5) is 23.5. The van der Waals surface area contributed by atoms with Crippen molar-refractivity contribution in [1.29, 1.82) is 0 Å². The van der Waals surface area contributed by atoms with E-state index in [4.69, 9.17) is 20.2 Å². The molecule has 0 aliphatic carbocycles. The number of aromatic nitrogens is 2. The number of rotatable bonds is 4. The summed E-state index contributed by atoms with van der Waals surface area (Å²) in [5, 5.41) is 0.909. The number of nitrogens with zero attached hydrogens (tertiary/aromatic N) is 3. The number of nitrogen functional groups attached to an aromatic ring is 1. The number of pyridine rings is 2. The number of benzene rings is 1. The van der Waals surface area contributed by atoms with Gasteiger partial charge in [0.15, 0.2) is 11.5 Å². The summed E-state index contributed by atoms with van der Waals surface area (Å²) in [5.41, 5.74) is 9.19. The Kier molecular flexibility index (Phi) is 5.20. The Morgan fingerprint density at radius 2 is 1.83 bits per heavy atom. The maximum Gasteiger partial charge on any atom is 0.272 e. The molecule has 2 aromatic heterocycles. The molecule has 1 saturated heterocycles.